The van der Waals surface area contributed by atoms with Crippen molar-refractivity contribution < 1.29 is 14.4 Å². The third kappa shape index (κ3) is 9.16. The molecule has 5 aromatic carbocycles. The molecule has 0 saturated heterocycles. The zero-order valence-corrected chi connectivity index (χ0v) is 28.6. The minimum Gasteiger partial charge on any atom is -0.323 e. The van der Waals surface area contributed by atoms with E-state index in [2.05, 4.69) is 29.8 Å². The Hall–Kier alpha value is -4.82. The number of anilines is 2. The number of carbonyl (C=O) groups excluding carboxylic acids is 3. The van der Waals surface area contributed by atoms with E-state index in [4.69, 9.17) is 23.2 Å². The highest BCUT2D eigenvalue weighted by Gasteiger charge is 2.23. The van der Waals surface area contributed by atoms with Crippen molar-refractivity contribution in [3.63, 3.8) is 0 Å². The van der Waals surface area contributed by atoms with Crippen LogP contribution in [0, 0.1) is 0 Å². The molecule has 0 aliphatic carbocycles. The summed E-state index contributed by atoms with van der Waals surface area (Å²) in [5, 5.41) is 8.58. The molecule has 0 heterocycles. The maximum Gasteiger partial charge on any atom is 0.272 e. The summed E-state index contributed by atoms with van der Waals surface area (Å²) in [6.45, 7) is 4.22. The summed E-state index contributed by atoms with van der Waals surface area (Å²) in [5.74, 6) is -0.777. The van der Waals surface area contributed by atoms with E-state index in [1.165, 1.54) is 17.3 Å². The van der Waals surface area contributed by atoms with Gasteiger partial charge in [-0.2, -0.15) is 0 Å². The zero-order valence-electron chi connectivity index (χ0n) is 26.2. The lowest BCUT2D eigenvalue weighted by atomic mass is 10.0. The number of amides is 3. The minimum absolute atomic E-state index is 0.0973. The number of halogens is 2. The van der Waals surface area contributed by atoms with Crippen molar-refractivity contribution in [2.75, 3.05) is 10.6 Å². The maximum absolute atomic E-state index is 13.5. The van der Waals surface area contributed by atoms with Gasteiger partial charge in [-0.25, -0.2) is 0 Å². The zero-order chi connectivity index (χ0) is 34.0. The highest BCUT2D eigenvalue weighted by molar-refractivity contribution is 8.00. The first kappa shape index (κ1) is 34.5. The van der Waals surface area contributed by atoms with Crippen LogP contribution in [0.1, 0.15) is 52.1 Å². The van der Waals surface area contributed by atoms with E-state index in [0.717, 1.165) is 16.0 Å². The Morgan fingerprint density at radius 2 is 1.33 bits per heavy atom. The molecule has 0 spiro atoms. The Morgan fingerprint density at radius 3 is 1.98 bits per heavy atom. The highest BCUT2D eigenvalue weighted by atomic mass is 35.5. The van der Waals surface area contributed by atoms with Crippen molar-refractivity contribution in [1.29, 1.82) is 0 Å². The summed E-state index contributed by atoms with van der Waals surface area (Å²) in [6, 6.07) is 38.2. The molecule has 242 valence electrons. The SMILES string of the molecule is CC(C)c1ccc(/C=C(\NC(=O)c2ccccc2)C(=O)Nc2ccc(SC(C(=O)Nc3cccc(Cl)c3Cl)c3ccccc3)cc2)cc1. The number of thioether (sulfide) groups is 1. The second-order valence-corrected chi connectivity index (χ2v) is 13.1. The van der Waals surface area contributed by atoms with Crippen molar-refractivity contribution in [2.45, 2.75) is 29.9 Å². The molecule has 48 heavy (non-hydrogen) atoms. The molecule has 0 aromatic heterocycles. The number of nitrogens with one attached hydrogen (secondary N) is 3. The van der Waals surface area contributed by atoms with E-state index >= 15 is 0 Å². The number of carbonyl (C=O) groups is 3. The van der Waals surface area contributed by atoms with Gasteiger partial charge in [-0.3, -0.25) is 14.4 Å². The lowest BCUT2D eigenvalue weighted by Gasteiger charge is -2.18. The third-order valence-corrected chi connectivity index (χ3v) is 9.44. The quantitative estimate of drug-likeness (QED) is 0.0949. The van der Waals surface area contributed by atoms with Gasteiger partial charge in [-0.05, 0) is 77.2 Å². The smallest absolute Gasteiger partial charge is 0.272 e. The highest BCUT2D eigenvalue weighted by Crippen LogP contribution is 2.38. The molecule has 0 bridgehead atoms. The average Bonchev–Trinajstić information content (AvgIpc) is 3.10. The van der Waals surface area contributed by atoms with Crippen molar-refractivity contribution in [3.05, 3.63) is 165 Å². The van der Waals surface area contributed by atoms with Crippen LogP contribution in [0.5, 0.6) is 0 Å². The van der Waals surface area contributed by atoms with Crippen LogP contribution in [0.2, 0.25) is 10.0 Å². The molecule has 6 nitrogen and oxygen atoms in total. The standard InChI is InChI=1S/C39H33Cl2N3O3S/c1-25(2)27-18-16-26(17-19-27)24-34(44-37(45)29-12-7-4-8-13-29)38(46)42-30-20-22-31(23-21-30)48-36(28-10-5-3-6-11-28)39(47)43-33-15-9-14-32(40)35(33)41/h3-25,36H,1-2H3,(H,42,46)(H,43,47)(H,44,45)/b34-24-. The predicted molar refractivity (Wildman–Crippen MR) is 198 cm³/mol. The second-order valence-electron chi connectivity index (χ2n) is 11.2. The van der Waals surface area contributed by atoms with Crippen LogP contribution in [0.4, 0.5) is 11.4 Å². The Balaban J connectivity index is 1.34. The van der Waals surface area contributed by atoms with Crippen molar-refractivity contribution in [2.24, 2.45) is 0 Å². The summed E-state index contributed by atoms with van der Waals surface area (Å²) in [6.07, 6.45) is 1.65. The fourth-order valence-corrected chi connectivity index (χ4v) is 6.11. The van der Waals surface area contributed by atoms with Gasteiger partial charge in [0, 0.05) is 16.1 Å². The lowest BCUT2D eigenvalue weighted by molar-refractivity contribution is -0.116. The Kier molecular flexibility index (Phi) is 11.7. The molecule has 3 amide bonds. The maximum atomic E-state index is 13.5. The normalized spacial score (nSPS) is 11.9. The Bertz CT molecular complexity index is 1910. The summed E-state index contributed by atoms with van der Waals surface area (Å²) in [4.78, 5) is 40.9. The van der Waals surface area contributed by atoms with Gasteiger partial charge < -0.3 is 16.0 Å². The van der Waals surface area contributed by atoms with Crippen LogP contribution < -0.4 is 16.0 Å². The number of benzene rings is 5. The lowest BCUT2D eigenvalue weighted by Crippen LogP contribution is -2.30. The molecule has 0 saturated carbocycles. The largest absolute Gasteiger partial charge is 0.323 e. The third-order valence-electron chi connectivity index (χ3n) is 7.36. The summed E-state index contributed by atoms with van der Waals surface area (Å²) >= 11 is 13.9. The summed E-state index contributed by atoms with van der Waals surface area (Å²) < 4.78 is 0. The first-order valence-corrected chi connectivity index (χ1v) is 16.9. The van der Waals surface area contributed by atoms with E-state index in [9.17, 15) is 14.4 Å². The molecule has 5 rings (SSSR count). The molecule has 3 N–H and O–H groups in total. The Labute approximate surface area is 294 Å². The van der Waals surface area contributed by atoms with Gasteiger partial charge in [0.1, 0.15) is 10.9 Å². The Morgan fingerprint density at radius 1 is 0.688 bits per heavy atom. The van der Waals surface area contributed by atoms with Crippen LogP contribution in [-0.4, -0.2) is 17.7 Å². The summed E-state index contributed by atoms with van der Waals surface area (Å²) in [5.41, 5.74) is 4.22. The van der Waals surface area contributed by atoms with Crippen LogP contribution in [0.15, 0.2) is 138 Å². The molecule has 1 unspecified atom stereocenters. The van der Waals surface area contributed by atoms with Crippen LogP contribution in [0.3, 0.4) is 0 Å². The number of hydrogen-bond donors (Lipinski definition) is 3. The molecule has 0 aliphatic rings. The molecule has 9 heteroatoms. The molecule has 0 fully saturated rings. The van der Waals surface area contributed by atoms with Gasteiger partial charge in [-0.1, -0.05) is 116 Å². The van der Waals surface area contributed by atoms with Crippen molar-refractivity contribution in [1.82, 2.24) is 5.32 Å². The van der Waals surface area contributed by atoms with Crippen molar-refractivity contribution >= 4 is 70.1 Å². The van der Waals surface area contributed by atoms with Crippen LogP contribution in [-0.2, 0) is 9.59 Å². The van der Waals surface area contributed by atoms with Crippen LogP contribution in [0.25, 0.3) is 6.08 Å². The van der Waals surface area contributed by atoms with Gasteiger partial charge in [0.15, 0.2) is 0 Å². The average molecular weight is 695 g/mol. The van der Waals surface area contributed by atoms with Gasteiger partial charge in [0.05, 0.1) is 15.7 Å². The van der Waals surface area contributed by atoms with Crippen LogP contribution >= 0.6 is 35.0 Å². The molecule has 5 aromatic rings. The van der Waals surface area contributed by atoms with Crippen molar-refractivity contribution in [3.8, 4) is 0 Å². The van der Waals surface area contributed by atoms with E-state index in [0.29, 0.717) is 27.9 Å². The molecule has 0 aliphatic heterocycles. The van der Waals surface area contributed by atoms with E-state index < -0.39 is 17.1 Å². The second kappa shape index (κ2) is 16.3. The number of hydrogen-bond acceptors (Lipinski definition) is 4. The minimum atomic E-state index is -0.605. The van der Waals surface area contributed by atoms with E-state index in [1.807, 2.05) is 72.8 Å². The van der Waals surface area contributed by atoms with E-state index in [-0.39, 0.29) is 16.6 Å². The fraction of sp³-hybridized carbons (Fsp3) is 0.103. The van der Waals surface area contributed by atoms with Gasteiger partial charge >= 0.3 is 0 Å². The molecule has 0 radical (unpaired) electrons. The van der Waals surface area contributed by atoms with Gasteiger partial charge in [0.2, 0.25) is 5.91 Å². The summed E-state index contributed by atoms with van der Waals surface area (Å²) in [7, 11) is 0. The predicted octanol–water partition coefficient (Wildman–Crippen LogP) is 10.00. The first-order chi connectivity index (χ1) is 23.2. The molecular weight excluding hydrogens is 661 g/mol. The topological polar surface area (TPSA) is 87.3 Å². The van der Waals surface area contributed by atoms with Gasteiger partial charge in [-0.15, -0.1) is 11.8 Å². The molecular formula is C39H33Cl2N3O3S. The van der Waals surface area contributed by atoms with E-state index in [1.54, 1.807) is 60.7 Å². The number of rotatable bonds is 11. The molecule has 1 atom stereocenters. The fourth-order valence-electron chi connectivity index (χ4n) is 4.74. The van der Waals surface area contributed by atoms with Gasteiger partial charge in [0.25, 0.3) is 11.8 Å². The monoisotopic (exact) mass is 693 g/mol. The first-order valence-electron chi connectivity index (χ1n) is 15.2.